The number of rotatable bonds is 3. The summed E-state index contributed by atoms with van der Waals surface area (Å²) in [6.07, 6.45) is 7.29. The molecule has 31 heavy (non-hydrogen) atoms. The molecule has 4 heterocycles. The molecule has 0 saturated carbocycles. The second kappa shape index (κ2) is 8.48. The zero-order chi connectivity index (χ0) is 20.6. The van der Waals surface area contributed by atoms with Gasteiger partial charge in [0.05, 0.1) is 0 Å². The monoisotopic (exact) mass is 565 g/mol. The predicted octanol–water partition coefficient (Wildman–Crippen LogP) is 5.22. The first-order valence-electron chi connectivity index (χ1n) is 9.99. The van der Waals surface area contributed by atoms with Crippen LogP contribution in [0.3, 0.4) is 0 Å². The fourth-order valence-electron chi connectivity index (χ4n) is 3.81. The van der Waals surface area contributed by atoms with Crippen LogP contribution in [0.15, 0.2) is 102 Å². The molecule has 0 N–H and O–H groups in total. The van der Waals surface area contributed by atoms with Gasteiger partial charge in [-0.25, -0.2) is 0 Å². The van der Waals surface area contributed by atoms with Crippen LogP contribution in [0.4, 0.5) is 0 Å². The zero-order valence-electron chi connectivity index (χ0n) is 16.4. The first-order chi connectivity index (χ1) is 15.3. The van der Waals surface area contributed by atoms with E-state index >= 15 is 0 Å². The van der Waals surface area contributed by atoms with Crippen LogP contribution in [0.5, 0.6) is 0 Å². The van der Waals surface area contributed by atoms with Gasteiger partial charge in [0.15, 0.2) is 0 Å². The van der Waals surface area contributed by atoms with Crippen molar-refractivity contribution in [1.82, 2.24) is 0 Å². The van der Waals surface area contributed by atoms with Crippen LogP contribution in [-0.4, -0.2) is 33.9 Å². The van der Waals surface area contributed by atoms with Gasteiger partial charge in [-0.2, -0.15) is 0 Å². The second-order valence-corrected chi connectivity index (χ2v) is 13.7. The van der Waals surface area contributed by atoms with Gasteiger partial charge in [-0.1, -0.05) is 0 Å². The summed E-state index contributed by atoms with van der Waals surface area (Å²) in [7, 11) is 0. The molecule has 0 spiro atoms. The summed E-state index contributed by atoms with van der Waals surface area (Å²) in [6, 6.07) is 26.7. The molecule has 0 aliphatic carbocycles. The van der Waals surface area contributed by atoms with Gasteiger partial charge in [-0.05, 0) is 0 Å². The molecule has 2 aliphatic rings. The molecule has 0 bridgehead atoms. The normalized spacial score (nSPS) is 16.3. The number of benzene rings is 2. The number of hydrogen-bond donors (Lipinski definition) is 0. The average Bonchev–Trinajstić information content (AvgIpc) is 3.53. The molecule has 0 nitrogen and oxygen atoms in total. The fraction of sp³-hybridized carbons (Fsp3) is 0. The van der Waals surface area contributed by atoms with Gasteiger partial charge in [0.2, 0.25) is 0 Å². The summed E-state index contributed by atoms with van der Waals surface area (Å²) < 4.78 is 5.90. The van der Waals surface area contributed by atoms with Crippen molar-refractivity contribution in [2.75, 3.05) is 0 Å². The molecule has 0 fully saturated rings. The minimum atomic E-state index is 0.342. The van der Waals surface area contributed by atoms with Gasteiger partial charge in [-0.15, -0.1) is 0 Å². The number of thiophene rings is 2. The van der Waals surface area contributed by atoms with Crippen molar-refractivity contribution < 1.29 is 0 Å². The third kappa shape index (κ3) is 3.85. The van der Waals surface area contributed by atoms with Crippen LogP contribution >= 0.6 is 22.7 Å². The van der Waals surface area contributed by atoms with Crippen molar-refractivity contribution in [2.24, 2.45) is 0 Å². The Balaban J connectivity index is 1.53. The van der Waals surface area contributed by atoms with Crippen molar-refractivity contribution in [1.29, 1.82) is 0 Å². The number of allylic oxidation sites excluding steroid dienone is 5. The van der Waals surface area contributed by atoms with E-state index in [2.05, 4.69) is 102 Å². The van der Waals surface area contributed by atoms with E-state index in [1.165, 1.54) is 49.8 Å². The molecule has 0 amide bonds. The van der Waals surface area contributed by atoms with Crippen LogP contribution in [0, 0.1) is 0 Å². The zero-order valence-corrected chi connectivity index (χ0v) is 21.5. The average molecular weight is 563 g/mol. The molecule has 4 aromatic rings. The summed E-state index contributed by atoms with van der Waals surface area (Å²) >= 11 is 4.37. The summed E-state index contributed by atoms with van der Waals surface area (Å²) in [6.45, 7) is 0. The first-order valence-corrected chi connectivity index (χ1v) is 15.2. The van der Waals surface area contributed by atoms with E-state index in [9.17, 15) is 0 Å². The molecule has 0 saturated heterocycles. The van der Waals surface area contributed by atoms with Gasteiger partial charge >= 0.3 is 204 Å². The Morgan fingerprint density at radius 1 is 0.645 bits per heavy atom. The Morgan fingerprint density at radius 3 is 2.13 bits per heavy atom. The van der Waals surface area contributed by atoms with Crippen LogP contribution < -0.4 is 8.92 Å². The third-order valence-corrected chi connectivity index (χ3v) is 12.4. The quantitative estimate of drug-likeness (QED) is 0.300. The molecule has 149 valence electrons. The van der Waals surface area contributed by atoms with E-state index in [1.54, 1.807) is 0 Å². The van der Waals surface area contributed by atoms with E-state index in [4.69, 9.17) is 0 Å². The van der Waals surface area contributed by atoms with Crippen LogP contribution in [0.2, 0.25) is 0 Å². The van der Waals surface area contributed by atoms with Gasteiger partial charge in [0.1, 0.15) is 0 Å². The Hall–Kier alpha value is -2.03. The van der Waals surface area contributed by atoms with E-state index < -0.39 is 0 Å². The topological polar surface area (TPSA) is 0 Å². The van der Waals surface area contributed by atoms with Crippen molar-refractivity contribution in [3.05, 3.63) is 123 Å². The number of hydrogen-bond acceptors (Lipinski definition) is 2. The summed E-state index contributed by atoms with van der Waals surface area (Å²) in [5, 5.41) is 4.36. The predicted molar refractivity (Wildman–Crippen MR) is 140 cm³/mol. The van der Waals surface area contributed by atoms with E-state index in [1.807, 2.05) is 22.7 Å². The van der Waals surface area contributed by atoms with Crippen molar-refractivity contribution >= 4 is 81.1 Å². The standard InChI is InChI=1S/C27H17S2Se2/c1-3-11-24-20(7-1)18(16-26(30-24)22-9-5-13-28-22)15-19-17-27(23-10-6-14-29-23)31-25-12-4-2-8-21(19)25/h1-17H/b18-15+. The maximum absolute atomic E-state index is 2.43. The summed E-state index contributed by atoms with van der Waals surface area (Å²) in [5.41, 5.74) is 5.42. The molecular formula is C27H17S2Se2. The van der Waals surface area contributed by atoms with Crippen molar-refractivity contribution in [3.8, 4) is 0 Å². The van der Waals surface area contributed by atoms with E-state index in [0.717, 1.165) is 0 Å². The molecule has 2 aromatic heterocycles. The Kier molecular flexibility index (Phi) is 5.37. The van der Waals surface area contributed by atoms with Gasteiger partial charge < -0.3 is 0 Å². The van der Waals surface area contributed by atoms with E-state index in [0.29, 0.717) is 29.5 Å². The minimum absolute atomic E-state index is 0.342. The fourth-order valence-corrected chi connectivity index (χ4v) is 10.5. The molecule has 0 atom stereocenters. The van der Waals surface area contributed by atoms with Crippen LogP contribution in [0.1, 0.15) is 20.9 Å². The molecule has 1 radical (unpaired) electrons. The SMILES string of the molecule is C1=C(c2cccs2)[Se]c2ccccc2/C1=C/C1=CC(c2cccs2)=[Se]c2ccccc21. The molecule has 4 heteroatoms. The van der Waals surface area contributed by atoms with E-state index in [-0.39, 0.29) is 0 Å². The van der Waals surface area contributed by atoms with Crippen molar-refractivity contribution in [2.45, 2.75) is 0 Å². The summed E-state index contributed by atoms with van der Waals surface area (Å²) in [5.74, 6) is 0. The first kappa shape index (κ1) is 19.6. The van der Waals surface area contributed by atoms with Crippen LogP contribution in [-0.2, 0) is 0 Å². The maximum atomic E-state index is 2.43. The number of fused-ring (bicyclic) bond motifs is 2. The van der Waals surface area contributed by atoms with Crippen molar-refractivity contribution in [3.63, 3.8) is 0 Å². The molecule has 2 aromatic carbocycles. The Morgan fingerprint density at radius 2 is 1.35 bits per heavy atom. The molecule has 2 aliphatic heterocycles. The van der Waals surface area contributed by atoms with Gasteiger partial charge in [0, 0.05) is 0 Å². The second-order valence-electron chi connectivity index (χ2n) is 7.22. The third-order valence-electron chi connectivity index (χ3n) is 5.25. The Bertz CT molecular complexity index is 1380. The molecule has 0 unspecified atom stereocenters. The summed E-state index contributed by atoms with van der Waals surface area (Å²) in [4.78, 5) is 2.79. The van der Waals surface area contributed by atoms with Gasteiger partial charge in [0.25, 0.3) is 0 Å². The van der Waals surface area contributed by atoms with Gasteiger partial charge in [-0.3, -0.25) is 0 Å². The van der Waals surface area contributed by atoms with Crippen LogP contribution in [0.25, 0.3) is 15.6 Å². The molecular weight excluding hydrogens is 546 g/mol. The molecule has 6 rings (SSSR count). The Labute approximate surface area is 202 Å².